The highest BCUT2D eigenvalue weighted by atomic mass is 15.0. The molecule has 0 aliphatic heterocycles. The number of imidazole rings is 1. The summed E-state index contributed by atoms with van der Waals surface area (Å²) in [5, 5.41) is 2.30. The number of H-pyrrole nitrogens is 1. The number of hydrogen-bond acceptors (Lipinski definition) is 1. The van der Waals surface area contributed by atoms with Crippen molar-refractivity contribution in [2.75, 3.05) is 0 Å². The normalized spacial score (nSPS) is 12.6. The zero-order chi connectivity index (χ0) is 11.4. The minimum atomic E-state index is 0.470. The van der Waals surface area contributed by atoms with E-state index in [0.717, 1.165) is 17.9 Å². The number of hydrogen-bond donors (Lipinski definition) is 2. The highest BCUT2D eigenvalue weighted by Gasteiger charge is 2.09. The number of nitrogens with two attached hydrogens (primary N) is 1. The van der Waals surface area contributed by atoms with Gasteiger partial charge in [0.2, 0.25) is 0 Å². The van der Waals surface area contributed by atoms with Crippen LogP contribution in [0.5, 0.6) is 0 Å². The molecular weight excluding hydrogens is 198 g/mol. The average molecular weight is 216 g/mol. The molecule has 2 rings (SSSR count). The molecule has 0 radical (unpaired) electrons. The molecule has 0 bridgehead atoms. The Kier molecular flexibility index (Phi) is 3.37. The zero-order valence-corrected chi connectivity index (χ0v) is 9.77. The predicted molar refractivity (Wildman–Crippen MR) is 63.8 cm³/mol. The van der Waals surface area contributed by atoms with Gasteiger partial charge in [-0.1, -0.05) is 30.3 Å². The molecule has 3 N–H and O–H groups in total. The first-order valence-electron chi connectivity index (χ1n) is 5.64. The quantitative estimate of drug-likeness (QED) is 0.800. The molecule has 0 fully saturated rings. The van der Waals surface area contributed by atoms with Crippen molar-refractivity contribution >= 4 is 0 Å². The lowest BCUT2D eigenvalue weighted by molar-refractivity contribution is -0.708. The third kappa shape index (κ3) is 2.49. The third-order valence-corrected chi connectivity index (χ3v) is 2.92. The summed E-state index contributed by atoms with van der Waals surface area (Å²) in [5.41, 5.74) is 3.66. The fourth-order valence-corrected chi connectivity index (χ4v) is 1.77. The van der Waals surface area contributed by atoms with E-state index in [1.807, 2.05) is 6.07 Å². The molecule has 0 amide bonds. The van der Waals surface area contributed by atoms with Crippen molar-refractivity contribution in [3.05, 3.63) is 53.6 Å². The summed E-state index contributed by atoms with van der Waals surface area (Å²) >= 11 is 0. The van der Waals surface area contributed by atoms with Crippen molar-refractivity contribution in [2.24, 2.45) is 0 Å². The van der Waals surface area contributed by atoms with Gasteiger partial charge in [0.15, 0.2) is 0 Å². The van der Waals surface area contributed by atoms with Gasteiger partial charge in [0.25, 0.3) is 0 Å². The van der Waals surface area contributed by atoms with E-state index in [0.29, 0.717) is 6.04 Å². The molecule has 1 heterocycles. The van der Waals surface area contributed by atoms with Crippen molar-refractivity contribution in [1.82, 2.24) is 9.97 Å². The van der Waals surface area contributed by atoms with Crippen molar-refractivity contribution in [1.29, 1.82) is 0 Å². The van der Waals surface area contributed by atoms with Crippen molar-refractivity contribution < 1.29 is 5.32 Å². The van der Waals surface area contributed by atoms with E-state index in [-0.39, 0.29) is 0 Å². The predicted octanol–water partition coefficient (Wildman–Crippen LogP) is 1.54. The summed E-state index contributed by atoms with van der Waals surface area (Å²) in [6.07, 6.45) is 1.76. The van der Waals surface area contributed by atoms with E-state index in [4.69, 9.17) is 0 Å². The number of rotatable bonds is 4. The minimum absolute atomic E-state index is 0.470. The van der Waals surface area contributed by atoms with Gasteiger partial charge in [-0.05, 0) is 13.8 Å². The molecule has 1 atom stereocenters. The highest BCUT2D eigenvalue weighted by Crippen LogP contribution is 2.07. The Morgan fingerprint density at radius 2 is 2.06 bits per heavy atom. The molecule has 0 aliphatic carbocycles. The topological polar surface area (TPSA) is 45.3 Å². The Labute approximate surface area is 95.9 Å². The van der Waals surface area contributed by atoms with E-state index in [1.165, 1.54) is 5.56 Å². The molecule has 1 aromatic carbocycles. The first-order chi connectivity index (χ1) is 7.77. The molecule has 84 valence electrons. The Morgan fingerprint density at radius 1 is 1.31 bits per heavy atom. The van der Waals surface area contributed by atoms with Gasteiger partial charge in [-0.15, -0.1) is 0 Å². The van der Waals surface area contributed by atoms with Crippen LogP contribution in [-0.2, 0) is 6.54 Å². The van der Waals surface area contributed by atoms with Gasteiger partial charge >= 0.3 is 0 Å². The molecular formula is C13H18N3+. The van der Waals surface area contributed by atoms with E-state index in [9.17, 15) is 0 Å². The van der Waals surface area contributed by atoms with Crippen LogP contribution in [0.25, 0.3) is 0 Å². The smallest absolute Gasteiger partial charge is 0.121 e. The maximum Gasteiger partial charge on any atom is 0.121 e. The van der Waals surface area contributed by atoms with Gasteiger partial charge in [-0.2, -0.15) is 0 Å². The maximum atomic E-state index is 4.29. The fourth-order valence-electron chi connectivity index (χ4n) is 1.77. The molecule has 3 heteroatoms. The van der Waals surface area contributed by atoms with Gasteiger partial charge in [-0.3, -0.25) is 0 Å². The molecule has 0 aliphatic rings. The van der Waals surface area contributed by atoms with Crippen molar-refractivity contribution in [2.45, 2.75) is 26.4 Å². The van der Waals surface area contributed by atoms with Crippen molar-refractivity contribution in [3.8, 4) is 0 Å². The van der Waals surface area contributed by atoms with Gasteiger partial charge in [0, 0.05) is 11.3 Å². The number of aromatic amines is 1. The van der Waals surface area contributed by atoms with E-state index in [1.54, 1.807) is 6.33 Å². The van der Waals surface area contributed by atoms with Crippen LogP contribution in [0.1, 0.15) is 29.9 Å². The van der Waals surface area contributed by atoms with Crippen LogP contribution >= 0.6 is 0 Å². The van der Waals surface area contributed by atoms with Crippen LogP contribution in [0.15, 0.2) is 36.7 Å². The largest absolute Gasteiger partial charge is 0.348 e. The number of aryl methyl sites for hydroxylation is 1. The molecule has 0 unspecified atom stereocenters. The van der Waals surface area contributed by atoms with Gasteiger partial charge in [-0.25, -0.2) is 4.98 Å². The summed E-state index contributed by atoms with van der Waals surface area (Å²) < 4.78 is 0. The van der Waals surface area contributed by atoms with Gasteiger partial charge in [0.1, 0.15) is 18.3 Å². The van der Waals surface area contributed by atoms with E-state index < -0.39 is 0 Å². The lowest BCUT2D eigenvalue weighted by Gasteiger charge is -2.10. The van der Waals surface area contributed by atoms with Crippen LogP contribution in [0, 0.1) is 6.92 Å². The lowest BCUT2D eigenvalue weighted by Crippen LogP contribution is -2.83. The molecule has 0 saturated carbocycles. The molecule has 1 aromatic heterocycles. The van der Waals surface area contributed by atoms with Crippen LogP contribution in [0.2, 0.25) is 0 Å². The lowest BCUT2D eigenvalue weighted by atomic mass is 10.1. The first-order valence-corrected chi connectivity index (χ1v) is 5.64. The molecule has 3 nitrogen and oxygen atoms in total. The second-order valence-electron chi connectivity index (χ2n) is 4.11. The van der Waals surface area contributed by atoms with Crippen LogP contribution in [0.3, 0.4) is 0 Å². The average Bonchev–Trinajstić information content (AvgIpc) is 2.73. The summed E-state index contributed by atoms with van der Waals surface area (Å²) in [6, 6.07) is 11.0. The summed E-state index contributed by atoms with van der Waals surface area (Å²) in [7, 11) is 0. The Hall–Kier alpha value is -1.61. The van der Waals surface area contributed by atoms with E-state index >= 15 is 0 Å². The summed E-state index contributed by atoms with van der Waals surface area (Å²) in [4.78, 5) is 7.40. The van der Waals surface area contributed by atoms with E-state index in [2.05, 4.69) is 53.4 Å². The first kappa shape index (κ1) is 10.9. The number of nitrogens with zero attached hydrogens (tertiary/aromatic N) is 1. The monoisotopic (exact) mass is 216 g/mol. The Bertz CT molecular complexity index is 433. The number of benzene rings is 1. The number of aromatic nitrogens is 2. The summed E-state index contributed by atoms with van der Waals surface area (Å²) in [5.74, 6) is 0. The molecule has 2 aromatic rings. The third-order valence-electron chi connectivity index (χ3n) is 2.92. The van der Waals surface area contributed by atoms with Gasteiger partial charge < -0.3 is 10.3 Å². The minimum Gasteiger partial charge on any atom is -0.348 e. The van der Waals surface area contributed by atoms with Crippen LogP contribution < -0.4 is 5.32 Å². The number of quaternary nitrogens is 1. The van der Waals surface area contributed by atoms with Crippen LogP contribution in [-0.4, -0.2) is 9.97 Å². The fraction of sp³-hybridized carbons (Fsp3) is 0.308. The molecule has 0 saturated heterocycles. The van der Waals surface area contributed by atoms with Gasteiger partial charge in [0.05, 0.1) is 6.33 Å². The summed E-state index contributed by atoms with van der Waals surface area (Å²) in [6.45, 7) is 5.20. The standard InChI is InChI=1S/C13H17N3/c1-10(12-6-4-3-5-7-12)14-8-13-11(2)15-9-16-13/h3-7,9-10,14H,8H2,1-2H3,(H,15,16)/p+1/t10-/m1/s1. The zero-order valence-electron chi connectivity index (χ0n) is 9.77. The second-order valence-corrected chi connectivity index (χ2v) is 4.11. The second kappa shape index (κ2) is 4.94. The maximum absolute atomic E-state index is 4.29. The van der Waals surface area contributed by atoms with Crippen molar-refractivity contribution in [3.63, 3.8) is 0 Å². The molecule has 16 heavy (non-hydrogen) atoms. The Balaban J connectivity index is 1.94. The number of nitrogens with one attached hydrogen (secondary N) is 1. The SMILES string of the molecule is Cc1[nH]cnc1C[NH2+][C@H](C)c1ccccc1. The molecule has 0 spiro atoms. The Morgan fingerprint density at radius 3 is 2.69 bits per heavy atom. The van der Waals surface area contributed by atoms with Crippen LogP contribution in [0.4, 0.5) is 0 Å². The highest BCUT2D eigenvalue weighted by molar-refractivity contribution is 5.16.